The molecule has 0 aromatic carbocycles. The molecule has 0 saturated carbocycles. The van der Waals surface area contributed by atoms with Crippen LogP contribution in [0.1, 0.15) is 116 Å². The van der Waals surface area contributed by atoms with Crippen LogP contribution in [-0.2, 0) is 4.74 Å². The lowest BCUT2D eigenvalue weighted by atomic mass is 10.0. The minimum Gasteiger partial charge on any atom is -1.00 e. The number of ether oxygens (including phenoxy) is 1. The summed E-state index contributed by atoms with van der Waals surface area (Å²) >= 11 is 0. The minimum atomic E-state index is 0. The number of halogens is 1. The topological polar surface area (TPSA) is 29.5 Å². The van der Waals surface area contributed by atoms with Gasteiger partial charge in [0, 0.05) is 13.0 Å². The predicted molar refractivity (Wildman–Crippen MR) is 124 cm³/mol. The molecule has 0 aromatic heterocycles. The van der Waals surface area contributed by atoms with Crippen molar-refractivity contribution < 1.29 is 38.3 Å². The van der Waals surface area contributed by atoms with Gasteiger partial charge in [-0.1, -0.05) is 103 Å². The van der Waals surface area contributed by atoms with Crippen molar-refractivity contribution in [1.82, 2.24) is 0 Å². The smallest absolute Gasteiger partial charge is 0.102 e. The van der Waals surface area contributed by atoms with Crippen molar-refractivity contribution >= 4 is 0 Å². The standard InChI is InChI=1S/C25H54NO2.HI/c1-4-5-6-7-8-9-10-11-12-13-14-15-16-17-18-19-24-28-25-20-21-26(2,3)22-23-27;/h27H,4-25H2,1-3H3;1H/q+1;/p-1. The average molecular weight is 528 g/mol. The number of likely N-dealkylation sites (N-methyl/N-ethyl adjacent to an activating group) is 1. The van der Waals surface area contributed by atoms with Crippen molar-refractivity contribution in [2.45, 2.75) is 116 Å². The average Bonchev–Trinajstić information content (AvgIpc) is 2.66. The Hall–Kier alpha value is 0.610. The first-order valence-corrected chi connectivity index (χ1v) is 12.6. The molecule has 0 rings (SSSR count). The van der Waals surface area contributed by atoms with Crippen molar-refractivity contribution in [1.29, 1.82) is 0 Å². The van der Waals surface area contributed by atoms with E-state index in [1.54, 1.807) is 0 Å². The first kappa shape index (κ1) is 31.8. The lowest BCUT2D eigenvalue weighted by molar-refractivity contribution is -0.890. The van der Waals surface area contributed by atoms with E-state index in [9.17, 15) is 0 Å². The van der Waals surface area contributed by atoms with Gasteiger partial charge in [0.25, 0.3) is 0 Å². The highest BCUT2D eigenvalue weighted by Crippen LogP contribution is 2.13. The summed E-state index contributed by atoms with van der Waals surface area (Å²) in [5.74, 6) is 0. The third kappa shape index (κ3) is 26.6. The van der Waals surface area contributed by atoms with Crippen LogP contribution in [0.15, 0.2) is 0 Å². The molecule has 0 atom stereocenters. The number of quaternary nitrogens is 1. The SMILES string of the molecule is CCCCCCCCCCCCCCCCCCOCCC[N+](C)(C)CCO.[I-]. The monoisotopic (exact) mass is 527 g/mol. The summed E-state index contributed by atoms with van der Waals surface area (Å²) in [4.78, 5) is 0. The fourth-order valence-electron chi connectivity index (χ4n) is 3.83. The Morgan fingerprint density at radius 1 is 0.552 bits per heavy atom. The molecule has 29 heavy (non-hydrogen) atoms. The van der Waals surface area contributed by atoms with E-state index in [0.29, 0.717) is 0 Å². The molecule has 0 spiro atoms. The third-order valence-corrected chi connectivity index (χ3v) is 5.90. The Morgan fingerprint density at radius 3 is 1.34 bits per heavy atom. The molecule has 0 amide bonds. The Morgan fingerprint density at radius 2 is 0.931 bits per heavy atom. The molecule has 0 bridgehead atoms. The van der Waals surface area contributed by atoms with Crippen LogP contribution in [0.25, 0.3) is 0 Å². The fraction of sp³-hybridized carbons (Fsp3) is 1.00. The van der Waals surface area contributed by atoms with Gasteiger partial charge in [-0.05, 0) is 6.42 Å². The van der Waals surface area contributed by atoms with Crippen LogP contribution in [0.3, 0.4) is 0 Å². The van der Waals surface area contributed by atoms with Gasteiger partial charge in [0.1, 0.15) is 6.54 Å². The summed E-state index contributed by atoms with van der Waals surface area (Å²) < 4.78 is 6.64. The van der Waals surface area contributed by atoms with Crippen LogP contribution >= 0.6 is 0 Å². The van der Waals surface area contributed by atoms with Gasteiger partial charge in [0.05, 0.1) is 33.9 Å². The molecule has 1 N–H and O–H groups in total. The van der Waals surface area contributed by atoms with Gasteiger partial charge in [-0.25, -0.2) is 0 Å². The van der Waals surface area contributed by atoms with Crippen molar-refractivity contribution in [3.8, 4) is 0 Å². The van der Waals surface area contributed by atoms with Crippen LogP contribution in [0.2, 0.25) is 0 Å². The number of hydrogen-bond acceptors (Lipinski definition) is 2. The molecule has 0 saturated heterocycles. The van der Waals surface area contributed by atoms with Crippen LogP contribution in [0.4, 0.5) is 0 Å². The number of unbranched alkanes of at least 4 members (excludes halogenated alkanes) is 15. The maximum Gasteiger partial charge on any atom is 0.102 e. The maximum atomic E-state index is 9.02. The van der Waals surface area contributed by atoms with Crippen molar-refractivity contribution in [3.05, 3.63) is 0 Å². The van der Waals surface area contributed by atoms with E-state index in [1.807, 2.05) is 0 Å². The molecule has 178 valence electrons. The molecule has 0 aliphatic carbocycles. The second-order valence-corrected chi connectivity index (χ2v) is 9.38. The second kappa shape index (κ2) is 24.9. The molecular weight excluding hydrogens is 473 g/mol. The van der Waals surface area contributed by atoms with Gasteiger partial charge in [-0.3, -0.25) is 0 Å². The summed E-state index contributed by atoms with van der Waals surface area (Å²) in [5, 5.41) is 9.02. The summed E-state index contributed by atoms with van der Waals surface area (Å²) in [6.07, 6.45) is 23.7. The molecule has 0 unspecified atom stereocenters. The van der Waals surface area contributed by atoms with Crippen LogP contribution in [-0.4, -0.2) is 56.6 Å². The van der Waals surface area contributed by atoms with Gasteiger partial charge in [-0.2, -0.15) is 0 Å². The van der Waals surface area contributed by atoms with Gasteiger partial charge in [0.2, 0.25) is 0 Å². The molecule has 0 aromatic rings. The summed E-state index contributed by atoms with van der Waals surface area (Å²) in [6.45, 7) is 6.27. The molecule has 3 nitrogen and oxygen atoms in total. The fourth-order valence-corrected chi connectivity index (χ4v) is 3.83. The highest BCUT2D eigenvalue weighted by Gasteiger charge is 2.12. The van der Waals surface area contributed by atoms with Gasteiger partial charge in [-0.15, -0.1) is 0 Å². The number of aliphatic hydroxyl groups excluding tert-OH is 1. The Bertz CT molecular complexity index is 301. The summed E-state index contributed by atoms with van der Waals surface area (Å²) in [5.41, 5.74) is 0. The summed E-state index contributed by atoms with van der Waals surface area (Å²) in [6, 6.07) is 0. The highest BCUT2D eigenvalue weighted by atomic mass is 127. The van der Waals surface area contributed by atoms with E-state index in [0.717, 1.165) is 37.2 Å². The summed E-state index contributed by atoms with van der Waals surface area (Å²) in [7, 11) is 4.34. The van der Waals surface area contributed by atoms with E-state index in [4.69, 9.17) is 9.84 Å². The van der Waals surface area contributed by atoms with Crippen LogP contribution < -0.4 is 24.0 Å². The van der Waals surface area contributed by atoms with Crippen molar-refractivity contribution in [3.63, 3.8) is 0 Å². The highest BCUT2D eigenvalue weighted by molar-refractivity contribution is 4.50. The lowest BCUT2D eigenvalue weighted by Crippen LogP contribution is -3.00. The largest absolute Gasteiger partial charge is 1.00 e. The van der Waals surface area contributed by atoms with Crippen LogP contribution in [0, 0.1) is 0 Å². The molecule has 4 heteroatoms. The maximum absolute atomic E-state index is 9.02. The van der Waals surface area contributed by atoms with E-state index in [1.165, 1.54) is 103 Å². The normalized spacial score (nSPS) is 11.6. The van der Waals surface area contributed by atoms with Gasteiger partial charge >= 0.3 is 0 Å². The Balaban J connectivity index is 0. The zero-order valence-electron chi connectivity index (χ0n) is 20.2. The molecule has 0 aliphatic heterocycles. The molecule has 0 fully saturated rings. The van der Waals surface area contributed by atoms with Gasteiger partial charge in [0.15, 0.2) is 0 Å². The Labute approximate surface area is 201 Å². The molecular formula is C25H54INO2. The third-order valence-electron chi connectivity index (χ3n) is 5.90. The predicted octanol–water partition coefficient (Wildman–Crippen LogP) is 3.73. The van der Waals surface area contributed by atoms with E-state index in [-0.39, 0.29) is 30.6 Å². The first-order chi connectivity index (χ1) is 13.6. The van der Waals surface area contributed by atoms with Crippen molar-refractivity contribution in [2.75, 3.05) is 47.0 Å². The minimum absolute atomic E-state index is 0. The molecule has 0 aliphatic rings. The van der Waals surface area contributed by atoms with Crippen molar-refractivity contribution in [2.24, 2.45) is 0 Å². The number of nitrogens with zero attached hydrogens (tertiary/aromatic N) is 1. The zero-order chi connectivity index (χ0) is 20.8. The Kier molecular flexibility index (Phi) is 27.3. The first-order valence-electron chi connectivity index (χ1n) is 12.6. The van der Waals surface area contributed by atoms with Crippen LogP contribution in [0.5, 0.6) is 0 Å². The number of hydrogen-bond donors (Lipinski definition) is 1. The zero-order valence-corrected chi connectivity index (χ0v) is 22.4. The number of aliphatic hydroxyl groups is 1. The molecule has 0 heterocycles. The quantitative estimate of drug-likeness (QED) is 0.125. The second-order valence-electron chi connectivity index (χ2n) is 9.38. The van der Waals surface area contributed by atoms with E-state index < -0.39 is 0 Å². The lowest BCUT2D eigenvalue weighted by Gasteiger charge is -2.28. The van der Waals surface area contributed by atoms with E-state index in [2.05, 4.69) is 21.0 Å². The molecule has 0 radical (unpaired) electrons. The number of rotatable bonds is 23. The van der Waals surface area contributed by atoms with E-state index >= 15 is 0 Å². The van der Waals surface area contributed by atoms with Gasteiger partial charge < -0.3 is 38.3 Å².